The Labute approximate surface area is 87.1 Å². The van der Waals surface area contributed by atoms with Crippen LogP contribution >= 0.6 is 0 Å². The minimum absolute atomic E-state index is 0.175. The van der Waals surface area contributed by atoms with Gasteiger partial charge in [0.1, 0.15) is 6.07 Å². The average molecular weight is 205 g/mol. The number of nitrogens with two attached hydrogens (primary N) is 1. The van der Waals surface area contributed by atoms with Crippen molar-refractivity contribution in [1.29, 1.82) is 5.26 Å². The van der Waals surface area contributed by atoms with Gasteiger partial charge < -0.3 is 11.1 Å². The van der Waals surface area contributed by atoms with Crippen molar-refractivity contribution in [2.24, 2.45) is 5.73 Å². The molecule has 1 aromatic rings. The first-order chi connectivity index (χ1) is 7.13. The Bertz CT molecular complexity index is 398. The van der Waals surface area contributed by atoms with Gasteiger partial charge in [0.15, 0.2) is 5.82 Å². The van der Waals surface area contributed by atoms with Crippen LogP contribution in [0.25, 0.3) is 0 Å². The number of carbonyl (C=O) groups is 1. The van der Waals surface area contributed by atoms with Crippen LogP contribution in [0.15, 0.2) is 12.3 Å². The lowest BCUT2D eigenvalue weighted by Gasteiger charge is -2.12. The van der Waals surface area contributed by atoms with Crippen molar-refractivity contribution in [2.45, 2.75) is 19.4 Å². The number of nitriles is 1. The summed E-state index contributed by atoms with van der Waals surface area (Å²) in [6.07, 6.45) is 1.62. The molecule has 0 fully saturated rings. The van der Waals surface area contributed by atoms with E-state index in [9.17, 15) is 4.79 Å². The van der Waals surface area contributed by atoms with Gasteiger partial charge in [-0.25, -0.2) is 0 Å². The van der Waals surface area contributed by atoms with Crippen molar-refractivity contribution in [2.75, 3.05) is 5.32 Å². The van der Waals surface area contributed by atoms with Crippen LogP contribution in [0.3, 0.4) is 0 Å². The van der Waals surface area contributed by atoms with E-state index in [0.29, 0.717) is 11.4 Å². The molecule has 6 nitrogen and oxygen atoms in total. The number of rotatable bonds is 4. The van der Waals surface area contributed by atoms with Crippen LogP contribution < -0.4 is 11.1 Å². The van der Waals surface area contributed by atoms with Gasteiger partial charge in [0.2, 0.25) is 5.91 Å². The summed E-state index contributed by atoms with van der Waals surface area (Å²) in [5, 5.41) is 19.1. The summed E-state index contributed by atoms with van der Waals surface area (Å²) in [6, 6.07) is 3.35. The number of nitrogens with zero attached hydrogens (tertiary/aromatic N) is 3. The number of nitrogens with one attached hydrogen (secondary N) is 1. The maximum atomic E-state index is 10.6. The van der Waals surface area contributed by atoms with E-state index in [0.717, 1.165) is 0 Å². The van der Waals surface area contributed by atoms with Crippen LogP contribution in [-0.2, 0) is 4.79 Å². The van der Waals surface area contributed by atoms with E-state index in [4.69, 9.17) is 11.0 Å². The zero-order valence-electron chi connectivity index (χ0n) is 8.27. The molecule has 0 aromatic carbocycles. The Kier molecular flexibility index (Phi) is 3.57. The Morgan fingerprint density at radius 3 is 3.13 bits per heavy atom. The SMILES string of the molecule is CC(CC(N)=O)Nc1nnccc1C#N. The fourth-order valence-electron chi connectivity index (χ4n) is 1.11. The van der Waals surface area contributed by atoms with Gasteiger partial charge in [-0.3, -0.25) is 4.79 Å². The first kappa shape index (κ1) is 10.9. The molecule has 0 aliphatic rings. The number of amides is 1. The van der Waals surface area contributed by atoms with Crippen molar-refractivity contribution in [3.63, 3.8) is 0 Å². The molecule has 1 amide bonds. The summed E-state index contributed by atoms with van der Waals surface area (Å²) in [6.45, 7) is 1.78. The van der Waals surface area contributed by atoms with Crippen LogP contribution in [-0.4, -0.2) is 22.1 Å². The highest BCUT2D eigenvalue weighted by Gasteiger charge is 2.09. The quantitative estimate of drug-likeness (QED) is 0.721. The number of carbonyl (C=O) groups excluding carboxylic acids is 1. The number of primary amides is 1. The van der Waals surface area contributed by atoms with Gasteiger partial charge in [0.05, 0.1) is 11.8 Å². The molecular weight excluding hydrogens is 194 g/mol. The van der Waals surface area contributed by atoms with Gasteiger partial charge >= 0.3 is 0 Å². The molecule has 3 N–H and O–H groups in total. The van der Waals surface area contributed by atoms with Crippen LogP contribution in [0.1, 0.15) is 18.9 Å². The lowest BCUT2D eigenvalue weighted by molar-refractivity contribution is -0.118. The lowest BCUT2D eigenvalue weighted by atomic mass is 10.2. The third-order valence-electron chi connectivity index (χ3n) is 1.73. The second-order valence-corrected chi connectivity index (χ2v) is 3.12. The smallest absolute Gasteiger partial charge is 0.219 e. The summed E-state index contributed by atoms with van der Waals surface area (Å²) in [5.74, 6) is -0.0360. The molecule has 0 saturated heterocycles. The highest BCUT2D eigenvalue weighted by Crippen LogP contribution is 2.10. The van der Waals surface area contributed by atoms with Crippen molar-refractivity contribution in [3.05, 3.63) is 17.8 Å². The number of hydrogen-bond donors (Lipinski definition) is 2. The zero-order valence-corrected chi connectivity index (χ0v) is 8.27. The second-order valence-electron chi connectivity index (χ2n) is 3.12. The van der Waals surface area contributed by atoms with Gasteiger partial charge in [-0.2, -0.15) is 10.4 Å². The molecule has 0 saturated carbocycles. The predicted molar refractivity (Wildman–Crippen MR) is 53.6 cm³/mol. The van der Waals surface area contributed by atoms with E-state index in [-0.39, 0.29) is 12.5 Å². The highest BCUT2D eigenvalue weighted by atomic mass is 16.1. The lowest BCUT2D eigenvalue weighted by Crippen LogP contribution is -2.24. The summed E-state index contributed by atoms with van der Waals surface area (Å²) >= 11 is 0. The van der Waals surface area contributed by atoms with E-state index >= 15 is 0 Å². The molecule has 78 valence electrons. The topological polar surface area (TPSA) is 105 Å². The third kappa shape index (κ3) is 3.23. The molecule has 0 spiro atoms. The summed E-state index contributed by atoms with van der Waals surface area (Å²) in [4.78, 5) is 10.6. The van der Waals surface area contributed by atoms with Gasteiger partial charge in [-0.15, -0.1) is 5.10 Å². The Balaban J connectivity index is 2.72. The maximum absolute atomic E-state index is 10.6. The summed E-state index contributed by atoms with van der Waals surface area (Å²) in [5.41, 5.74) is 5.43. The predicted octanol–water partition coefficient (Wildman–Crippen LogP) is 0.0241. The molecule has 6 heteroatoms. The van der Waals surface area contributed by atoms with Gasteiger partial charge in [0, 0.05) is 12.5 Å². The van der Waals surface area contributed by atoms with Crippen molar-refractivity contribution >= 4 is 11.7 Å². The monoisotopic (exact) mass is 205 g/mol. The molecule has 1 atom stereocenters. The first-order valence-electron chi connectivity index (χ1n) is 4.40. The Hall–Kier alpha value is -2.16. The Morgan fingerprint density at radius 1 is 1.80 bits per heavy atom. The molecule has 0 radical (unpaired) electrons. The van der Waals surface area contributed by atoms with E-state index in [2.05, 4.69) is 15.5 Å². The molecule has 15 heavy (non-hydrogen) atoms. The largest absolute Gasteiger partial charge is 0.370 e. The van der Waals surface area contributed by atoms with Crippen LogP contribution in [0, 0.1) is 11.3 Å². The van der Waals surface area contributed by atoms with Crippen LogP contribution in [0.4, 0.5) is 5.82 Å². The molecule has 1 unspecified atom stereocenters. The van der Waals surface area contributed by atoms with Crippen molar-refractivity contribution in [1.82, 2.24) is 10.2 Å². The molecule has 1 heterocycles. The zero-order chi connectivity index (χ0) is 11.3. The fourth-order valence-corrected chi connectivity index (χ4v) is 1.11. The van der Waals surface area contributed by atoms with Crippen LogP contribution in [0.5, 0.6) is 0 Å². The van der Waals surface area contributed by atoms with Crippen molar-refractivity contribution in [3.8, 4) is 6.07 Å². The van der Waals surface area contributed by atoms with Crippen LogP contribution in [0.2, 0.25) is 0 Å². The summed E-state index contributed by atoms with van der Waals surface area (Å²) in [7, 11) is 0. The molecule has 0 bridgehead atoms. The normalized spacial score (nSPS) is 11.5. The fraction of sp³-hybridized carbons (Fsp3) is 0.333. The van der Waals surface area contributed by atoms with Gasteiger partial charge in [-0.1, -0.05) is 0 Å². The molecule has 1 aromatic heterocycles. The average Bonchev–Trinajstić information content (AvgIpc) is 2.17. The molecule has 0 aliphatic carbocycles. The molecule has 0 aliphatic heterocycles. The third-order valence-corrected chi connectivity index (χ3v) is 1.73. The summed E-state index contributed by atoms with van der Waals surface area (Å²) < 4.78 is 0. The highest BCUT2D eigenvalue weighted by molar-refractivity contribution is 5.74. The Morgan fingerprint density at radius 2 is 2.53 bits per heavy atom. The number of hydrogen-bond acceptors (Lipinski definition) is 5. The van der Waals surface area contributed by atoms with Crippen molar-refractivity contribution < 1.29 is 4.79 Å². The molecular formula is C9H11N5O. The number of aromatic nitrogens is 2. The van der Waals surface area contributed by atoms with E-state index in [1.807, 2.05) is 6.07 Å². The second kappa shape index (κ2) is 4.91. The van der Waals surface area contributed by atoms with E-state index in [1.165, 1.54) is 6.20 Å². The van der Waals surface area contributed by atoms with Gasteiger partial charge in [-0.05, 0) is 13.0 Å². The first-order valence-corrected chi connectivity index (χ1v) is 4.40. The van der Waals surface area contributed by atoms with Gasteiger partial charge in [0.25, 0.3) is 0 Å². The maximum Gasteiger partial charge on any atom is 0.219 e. The standard InChI is InChI=1S/C9H11N5O/c1-6(4-8(11)15)13-9-7(5-10)2-3-12-14-9/h2-3,6H,4H2,1H3,(H2,11,15)(H,13,14). The minimum Gasteiger partial charge on any atom is -0.370 e. The van der Waals surface area contributed by atoms with E-state index < -0.39 is 5.91 Å². The number of anilines is 1. The van der Waals surface area contributed by atoms with E-state index in [1.54, 1.807) is 13.0 Å². The minimum atomic E-state index is -0.405. The molecule has 1 rings (SSSR count).